The van der Waals surface area contributed by atoms with Gasteiger partial charge in [0.1, 0.15) is 11.5 Å². The molecule has 0 bridgehead atoms. The van der Waals surface area contributed by atoms with Crippen LogP contribution in [-0.4, -0.2) is 11.1 Å². The summed E-state index contributed by atoms with van der Waals surface area (Å²) in [6, 6.07) is 22.2. The third kappa shape index (κ3) is 3.02. The monoisotopic (exact) mass is 347 g/mol. The highest BCUT2D eigenvalue weighted by Crippen LogP contribution is 2.36. The van der Waals surface area contributed by atoms with Crippen molar-refractivity contribution in [2.75, 3.05) is 4.90 Å². The Morgan fingerprint density at radius 2 is 1.52 bits per heavy atom. The molecule has 0 aliphatic carbocycles. The zero-order chi connectivity index (χ0) is 17.2. The number of furan rings is 1. The fourth-order valence-corrected chi connectivity index (χ4v) is 3.41. The molecule has 0 N–H and O–H groups in total. The van der Waals surface area contributed by atoms with Crippen LogP contribution in [0.25, 0.3) is 17.4 Å². The van der Waals surface area contributed by atoms with E-state index in [4.69, 9.17) is 4.42 Å². The minimum Gasteiger partial charge on any atom is -0.457 e. The van der Waals surface area contributed by atoms with Gasteiger partial charge < -0.3 is 4.42 Å². The van der Waals surface area contributed by atoms with Crippen LogP contribution in [0.5, 0.6) is 0 Å². The van der Waals surface area contributed by atoms with Crippen LogP contribution in [0, 0.1) is 0 Å². The first-order chi connectivity index (χ1) is 12.2. The molecular formula is C20H13NO3S. The minimum atomic E-state index is -0.334. The molecule has 122 valence electrons. The van der Waals surface area contributed by atoms with Gasteiger partial charge in [0.25, 0.3) is 11.1 Å². The lowest BCUT2D eigenvalue weighted by Crippen LogP contribution is -2.27. The number of hydrogen-bond donors (Lipinski definition) is 0. The minimum absolute atomic E-state index is 0.308. The Bertz CT molecular complexity index is 961. The first-order valence-electron chi connectivity index (χ1n) is 7.70. The lowest BCUT2D eigenvalue weighted by molar-refractivity contribution is -0.113. The summed E-state index contributed by atoms with van der Waals surface area (Å²) in [5.41, 5.74) is 1.53. The molecule has 1 aliphatic heterocycles. The second-order valence-corrected chi connectivity index (χ2v) is 6.41. The smallest absolute Gasteiger partial charge is 0.298 e. The molecule has 2 amide bonds. The first-order valence-corrected chi connectivity index (χ1v) is 8.52. The van der Waals surface area contributed by atoms with Crippen molar-refractivity contribution < 1.29 is 14.0 Å². The topological polar surface area (TPSA) is 50.5 Å². The number of rotatable bonds is 3. The Morgan fingerprint density at radius 3 is 2.24 bits per heavy atom. The summed E-state index contributed by atoms with van der Waals surface area (Å²) in [5.74, 6) is 0.922. The molecule has 1 aliphatic rings. The van der Waals surface area contributed by atoms with Gasteiger partial charge in [0, 0.05) is 11.6 Å². The van der Waals surface area contributed by atoms with E-state index in [9.17, 15) is 9.59 Å². The fraction of sp³-hybridized carbons (Fsp3) is 0. The quantitative estimate of drug-likeness (QED) is 0.612. The molecule has 1 fully saturated rings. The van der Waals surface area contributed by atoms with Crippen LogP contribution in [0.1, 0.15) is 5.76 Å². The summed E-state index contributed by atoms with van der Waals surface area (Å²) >= 11 is 0.915. The lowest BCUT2D eigenvalue weighted by Gasteiger charge is -2.11. The standard InChI is InChI=1S/C20H13NO3S/c22-19-18(25-20(23)21(19)15-9-5-2-6-10-15)13-16-11-12-17(24-16)14-7-3-1-4-8-14/h1-13H/b18-13-. The molecule has 0 unspecified atom stereocenters. The number of para-hydroxylation sites is 1. The summed E-state index contributed by atoms with van der Waals surface area (Å²) < 4.78 is 5.78. The van der Waals surface area contributed by atoms with E-state index in [-0.39, 0.29) is 11.1 Å². The zero-order valence-electron chi connectivity index (χ0n) is 13.1. The van der Waals surface area contributed by atoms with E-state index in [0.29, 0.717) is 22.1 Å². The summed E-state index contributed by atoms with van der Waals surface area (Å²) in [6.45, 7) is 0. The number of nitrogens with zero attached hydrogens (tertiary/aromatic N) is 1. The maximum Gasteiger partial charge on any atom is 0.298 e. The molecule has 1 saturated heterocycles. The molecule has 1 aromatic heterocycles. The number of imide groups is 1. The SMILES string of the molecule is O=C1S/C(=C\c2ccc(-c3ccccc3)o2)C(=O)N1c1ccccc1. The predicted octanol–water partition coefficient (Wildman–Crippen LogP) is 5.19. The van der Waals surface area contributed by atoms with Gasteiger partial charge in [-0.05, 0) is 36.0 Å². The van der Waals surface area contributed by atoms with E-state index in [0.717, 1.165) is 17.3 Å². The van der Waals surface area contributed by atoms with Gasteiger partial charge in [-0.3, -0.25) is 9.59 Å². The second kappa shape index (κ2) is 6.45. The molecule has 4 nitrogen and oxygen atoms in total. The van der Waals surface area contributed by atoms with Crippen LogP contribution in [0.3, 0.4) is 0 Å². The molecule has 5 heteroatoms. The Morgan fingerprint density at radius 1 is 0.840 bits per heavy atom. The summed E-state index contributed by atoms with van der Waals surface area (Å²) in [7, 11) is 0. The molecule has 0 saturated carbocycles. The lowest BCUT2D eigenvalue weighted by atomic mass is 10.2. The molecular weight excluding hydrogens is 334 g/mol. The highest BCUT2D eigenvalue weighted by molar-refractivity contribution is 8.19. The van der Waals surface area contributed by atoms with Crippen LogP contribution in [0.15, 0.2) is 82.1 Å². The molecule has 4 rings (SSSR count). The van der Waals surface area contributed by atoms with Crippen molar-refractivity contribution in [2.24, 2.45) is 0 Å². The molecule has 0 spiro atoms. The van der Waals surface area contributed by atoms with Gasteiger partial charge in [0.2, 0.25) is 0 Å². The van der Waals surface area contributed by atoms with Gasteiger partial charge >= 0.3 is 0 Å². The van der Waals surface area contributed by atoms with E-state index in [1.165, 1.54) is 4.90 Å². The maximum absolute atomic E-state index is 12.6. The van der Waals surface area contributed by atoms with Gasteiger partial charge in [0.05, 0.1) is 10.6 Å². The molecule has 0 radical (unpaired) electrons. The van der Waals surface area contributed by atoms with E-state index in [2.05, 4.69) is 0 Å². The summed E-state index contributed by atoms with van der Waals surface area (Å²) in [6.07, 6.45) is 1.61. The predicted molar refractivity (Wildman–Crippen MR) is 99.0 cm³/mol. The second-order valence-electron chi connectivity index (χ2n) is 5.42. The Kier molecular flexibility index (Phi) is 3.99. The van der Waals surface area contributed by atoms with Crippen molar-refractivity contribution in [2.45, 2.75) is 0 Å². The van der Waals surface area contributed by atoms with Crippen molar-refractivity contribution in [3.05, 3.63) is 83.5 Å². The van der Waals surface area contributed by atoms with Crippen LogP contribution >= 0.6 is 11.8 Å². The Balaban J connectivity index is 1.62. The maximum atomic E-state index is 12.6. The first kappa shape index (κ1) is 15.5. The highest BCUT2D eigenvalue weighted by Gasteiger charge is 2.36. The zero-order valence-corrected chi connectivity index (χ0v) is 13.9. The van der Waals surface area contributed by atoms with Crippen LogP contribution in [0.4, 0.5) is 10.5 Å². The number of thioether (sulfide) groups is 1. The van der Waals surface area contributed by atoms with Gasteiger partial charge in [-0.25, -0.2) is 4.90 Å². The number of amides is 2. The average molecular weight is 347 g/mol. The van der Waals surface area contributed by atoms with Crippen molar-refractivity contribution in [3.8, 4) is 11.3 Å². The van der Waals surface area contributed by atoms with E-state index in [1.54, 1.807) is 36.4 Å². The van der Waals surface area contributed by atoms with Gasteiger partial charge in [0.15, 0.2) is 0 Å². The highest BCUT2D eigenvalue weighted by atomic mass is 32.2. The molecule has 25 heavy (non-hydrogen) atoms. The Hall–Kier alpha value is -3.05. The third-order valence-corrected chi connectivity index (χ3v) is 4.64. The van der Waals surface area contributed by atoms with Crippen molar-refractivity contribution >= 4 is 34.7 Å². The van der Waals surface area contributed by atoms with Gasteiger partial charge in [-0.15, -0.1) is 0 Å². The van der Waals surface area contributed by atoms with E-state index in [1.807, 2.05) is 42.5 Å². The Labute approximate surface area is 148 Å². The normalized spacial score (nSPS) is 16.0. The molecule has 2 aromatic carbocycles. The molecule has 3 aromatic rings. The number of carbonyl (C=O) groups excluding carboxylic acids is 2. The van der Waals surface area contributed by atoms with E-state index >= 15 is 0 Å². The van der Waals surface area contributed by atoms with Crippen LogP contribution < -0.4 is 4.90 Å². The third-order valence-electron chi connectivity index (χ3n) is 3.77. The number of anilines is 1. The number of carbonyl (C=O) groups is 2. The van der Waals surface area contributed by atoms with Crippen molar-refractivity contribution in [1.82, 2.24) is 0 Å². The van der Waals surface area contributed by atoms with Gasteiger partial charge in [-0.1, -0.05) is 48.5 Å². The van der Waals surface area contributed by atoms with Crippen LogP contribution in [-0.2, 0) is 4.79 Å². The fourth-order valence-electron chi connectivity index (χ4n) is 2.58. The number of hydrogen-bond acceptors (Lipinski definition) is 4. The van der Waals surface area contributed by atoms with Crippen LogP contribution in [0.2, 0.25) is 0 Å². The summed E-state index contributed by atoms with van der Waals surface area (Å²) in [5, 5.41) is -0.308. The number of benzene rings is 2. The average Bonchev–Trinajstić information content (AvgIpc) is 3.22. The van der Waals surface area contributed by atoms with Crippen molar-refractivity contribution in [1.29, 1.82) is 0 Å². The van der Waals surface area contributed by atoms with E-state index < -0.39 is 0 Å². The largest absolute Gasteiger partial charge is 0.457 e. The molecule has 2 heterocycles. The molecule has 0 atom stereocenters. The summed E-state index contributed by atoms with van der Waals surface area (Å²) in [4.78, 5) is 26.3. The van der Waals surface area contributed by atoms with Gasteiger partial charge in [-0.2, -0.15) is 0 Å². The van der Waals surface area contributed by atoms with Crippen molar-refractivity contribution in [3.63, 3.8) is 0 Å².